The zero-order valence-electron chi connectivity index (χ0n) is 13.8. The third-order valence-electron chi connectivity index (χ3n) is 4.38. The van der Waals surface area contributed by atoms with Crippen LogP contribution in [0.5, 0.6) is 0 Å². The molecule has 0 radical (unpaired) electrons. The van der Waals surface area contributed by atoms with E-state index in [-0.39, 0.29) is 18.8 Å². The van der Waals surface area contributed by atoms with Gasteiger partial charge in [-0.25, -0.2) is 14.6 Å². The van der Waals surface area contributed by atoms with E-state index >= 15 is 0 Å². The fraction of sp³-hybridized carbons (Fsp3) is 0.600. The monoisotopic (exact) mass is 346 g/mol. The van der Waals surface area contributed by atoms with E-state index in [2.05, 4.69) is 21.1 Å². The molecule has 0 amide bonds. The molecule has 25 heavy (non-hydrogen) atoms. The van der Waals surface area contributed by atoms with Crippen molar-refractivity contribution in [2.45, 2.75) is 50.6 Å². The number of nitrogens with two attached hydrogens (primary N) is 1. The molecule has 4 rings (SSSR count). The van der Waals surface area contributed by atoms with Crippen LogP contribution in [0.25, 0.3) is 11.0 Å². The van der Waals surface area contributed by atoms with Crippen LogP contribution in [0.4, 0.5) is 5.82 Å². The van der Waals surface area contributed by atoms with Gasteiger partial charge in [-0.2, -0.15) is 10.4 Å². The molecule has 10 heteroatoms. The molecule has 10 nitrogen and oxygen atoms in total. The lowest BCUT2D eigenvalue weighted by atomic mass is 10.1. The van der Waals surface area contributed by atoms with E-state index in [1.54, 1.807) is 13.8 Å². The van der Waals surface area contributed by atoms with Crippen molar-refractivity contribution in [3.8, 4) is 6.07 Å². The SMILES string of the molecule is CC1(C)O[C@@H]2[C@H](O1)[C@@H](CO)O[C@H]2n1nc(CC#N)c2c(N)ncnc21. The van der Waals surface area contributed by atoms with Gasteiger partial charge < -0.3 is 25.1 Å². The molecule has 0 spiro atoms. The number of anilines is 1. The van der Waals surface area contributed by atoms with Crippen LogP contribution >= 0.6 is 0 Å². The molecule has 0 bridgehead atoms. The average Bonchev–Trinajstić information content (AvgIpc) is 3.17. The standard InChI is InChI=1S/C15H18N6O4/c1-15(2)24-10-8(5-22)23-14(11(10)25-15)21-13-9(7(20-21)3-4-16)12(17)18-6-19-13/h6,8,10-11,14,22H,3,5H2,1-2H3,(H2,17,18,19)/t8-,10-,11-,14-/m1/s1. The van der Waals surface area contributed by atoms with Crippen LogP contribution in [-0.2, 0) is 20.6 Å². The Balaban J connectivity index is 1.82. The van der Waals surface area contributed by atoms with Crippen molar-refractivity contribution in [3.63, 3.8) is 0 Å². The molecular weight excluding hydrogens is 328 g/mol. The van der Waals surface area contributed by atoms with Gasteiger partial charge in [0.2, 0.25) is 0 Å². The van der Waals surface area contributed by atoms with E-state index in [1.165, 1.54) is 11.0 Å². The number of nitrogen functional groups attached to an aromatic ring is 1. The molecule has 2 aromatic heterocycles. The first-order valence-corrected chi connectivity index (χ1v) is 7.91. The number of aromatic nitrogens is 4. The molecule has 0 aromatic carbocycles. The minimum atomic E-state index is -0.794. The summed E-state index contributed by atoms with van der Waals surface area (Å²) in [7, 11) is 0. The summed E-state index contributed by atoms with van der Waals surface area (Å²) in [6, 6.07) is 2.06. The van der Waals surface area contributed by atoms with E-state index in [1.807, 2.05) is 0 Å². The van der Waals surface area contributed by atoms with Crippen LogP contribution in [-0.4, -0.2) is 55.6 Å². The van der Waals surface area contributed by atoms with Crippen LogP contribution in [0.3, 0.4) is 0 Å². The van der Waals surface area contributed by atoms with Gasteiger partial charge in [0, 0.05) is 0 Å². The predicted molar refractivity (Wildman–Crippen MR) is 83.9 cm³/mol. The maximum atomic E-state index is 9.62. The summed E-state index contributed by atoms with van der Waals surface area (Å²) in [4.78, 5) is 8.23. The Hall–Kier alpha value is -2.32. The summed E-state index contributed by atoms with van der Waals surface area (Å²) in [5, 5.41) is 23.7. The molecule has 2 aromatic rings. The van der Waals surface area contributed by atoms with Gasteiger partial charge in [-0.1, -0.05) is 0 Å². The number of rotatable bonds is 3. The molecule has 0 unspecified atom stereocenters. The Morgan fingerprint density at radius 3 is 2.84 bits per heavy atom. The fourth-order valence-electron chi connectivity index (χ4n) is 3.45. The zero-order chi connectivity index (χ0) is 17.8. The van der Waals surface area contributed by atoms with Crippen LogP contribution in [0, 0.1) is 11.3 Å². The van der Waals surface area contributed by atoms with Crippen LogP contribution in [0.15, 0.2) is 6.33 Å². The van der Waals surface area contributed by atoms with E-state index in [0.717, 1.165) is 0 Å². The summed E-state index contributed by atoms with van der Waals surface area (Å²) >= 11 is 0. The Kier molecular flexibility index (Phi) is 3.62. The summed E-state index contributed by atoms with van der Waals surface area (Å²) in [6.45, 7) is 3.40. The average molecular weight is 346 g/mol. The van der Waals surface area contributed by atoms with Gasteiger partial charge in [-0.15, -0.1) is 0 Å². The molecule has 3 N–H and O–H groups in total. The number of aliphatic hydroxyl groups is 1. The van der Waals surface area contributed by atoms with Crippen molar-refractivity contribution in [3.05, 3.63) is 12.0 Å². The molecule has 2 fully saturated rings. The van der Waals surface area contributed by atoms with Crippen LogP contribution in [0.2, 0.25) is 0 Å². The van der Waals surface area contributed by atoms with E-state index in [0.29, 0.717) is 16.7 Å². The maximum Gasteiger partial charge on any atom is 0.181 e. The third-order valence-corrected chi connectivity index (χ3v) is 4.38. The minimum absolute atomic E-state index is 0.0637. The first-order chi connectivity index (χ1) is 11.9. The van der Waals surface area contributed by atoms with Crippen LogP contribution < -0.4 is 5.73 Å². The smallest absolute Gasteiger partial charge is 0.181 e. The Morgan fingerprint density at radius 1 is 1.36 bits per heavy atom. The summed E-state index contributed by atoms with van der Waals surface area (Å²) in [5.74, 6) is -0.546. The highest BCUT2D eigenvalue weighted by Crippen LogP contribution is 2.43. The van der Waals surface area contributed by atoms with Gasteiger partial charge in [-0.3, -0.25) is 0 Å². The molecule has 2 aliphatic heterocycles. The fourth-order valence-corrected chi connectivity index (χ4v) is 3.45. The quantitative estimate of drug-likeness (QED) is 0.778. The number of ether oxygens (including phenoxy) is 3. The first-order valence-electron chi connectivity index (χ1n) is 7.91. The minimum Gasteiger partial charge on any atom is -0.394 e. The highest BCUT2D eigenvalue weighted by Gasteiger charge is 2.56. The molecule has 4 heterocycles. The van der Waals surface area contributed by atoms with Crippen molar-refractivity contribution in [1.29, 1.82) is 5.26 Å². The number of fused-ring (bicyclic) bond motifs is 2. The van der Waals surface area contributed by atoms with Gasteiger partial charge >= 0.3 is 0 Å². The maximum absolute atomic E-state index is 9.62. The van der Waals surface area contributed by atoms with Crippen molar-refractivity contribution >= 4 is 16.9 Å². The first kappa shape index (κ1) is 16.2. The van der Waals surface area contributed by atoms with Crippen molar-refractivity contribution < 1.29 is 19.3 Å². The molecular formula is C15H18N6O4. The summed E-state index contributed by atoms with van der Waals surface area (Å²) in [6.07, 6.45) is -0.710. The van der Waals surface area contributed by atoms with Crippen LogP contribution in [0.1, 0.15) is 25.8 Å². The number of aliphatic hydroxyl groups excluding tert-OH is 1. The zero-order valence-corrected chi connectivity index (χ0v) is 13.8. The van der Waals surface area contributed by atoms with Gasteiger partial charge in [-0.05, 0) is 13.8 Å². The topological polar surface area (TPSA) is 141 Å². The van der Waals surface area contributed by atoms with Gasteiger partial charge in [0.15, 0.2) is 17.7 Å². The van der Waals surface area contributed by atoms with Gasteiger partial charge in [0.1, 0.15) is 30.5 Å². The van der Waals surface area contributed by atoms with Gasteiger partial charge in [0.05, 0.1) is 30.2 Å². The lowest BCUT2D eigenvalue weighted by Crippen LogP contribution is -2.31. The normalized spacial score (nSPS) is 30.5. The Morgan fingerprint density at radius 2 is 2.12 bits per heavy atom. The number of hydrogen-bond acceptors (Lipinski definition) is 9. The number of hydrogen-bond donors (Lipinski definition) is 2. The van der Waals surface area contributed by atoms with E-state index in [9.17, 15) is 5.11 Å². The van der Waals surface area contributed by atoms with E-state index < -0.39 is 30.3 Å². The van der Waals surface area contributed by atoms with Crippen molar-refractivity contribution in [1.82, 2.24) is 19.7 Å². The number of nitriles is 1. The highest BCUT2D eigenvalue weighted by molar-refractivity contribution is 5.88. The second kappa shape index (κ2) is 5.60. The molecule has 0 aliphatic carbocycles. The highest BCUT2D eigenvalue weighted by atomic mass is 16.8. The van der Waals surface area contributed by atoms with Gasteiger partial charge in [0.25, 0.3) is 0 Å². The summed E-state index contributed by atoms with van der Waals surface area (Å²) in [5.41, 5.74) is 6.88. The molecule has 0 saturated carbocycles. The molecule has 2 saturated heterocycles. The van der Waals surface area contributed by atoms with Crippen molar-refractivity contribution in [2.24, 2.45) is 0 Å². The molecule has 2 aliphatic rings. The second-order valence-electron chi connectivity index (χ2n) is 6.50. The lowest BCUT2D eigenvalue weighted by Gasteiger charge is -2.23. The Labute approximate surface area is 143 Å². The summed E-state index contributed by atoms with van der Waals surface area (Å²) < 4.78 is 19.3. The van der Waals surface area contributed by atoms with E-state index in [4.69, 9.17) is 25.2 Å². The predicted octanol–water partition coefficient (Wildman–Crippen LogP) is -0.116. The third kappa shape index (κ3) is 2.44. The Bertz CT molecular complexity index is 860. The molecule has 132 valence electrons. The number of nitrogens with zero attached hydrogens (tertiary/aromatic N) is 5. The molecule has 4 atom stereocenters. The second-order valence-corrected chi connectivity index (χ2v) is 6.50. The van der Waals surface area contributed by atoms with Crippen molar-refractivity contribution in [2.75, 3.05) is 12.3 Å². The largest absolute Gasteiger partial charge is 0.394 e. The lowest BCUT2D eigenvalue weighted by molar-refractivity contribution is -0.201.